The van der Waals surface area contributed by atoms with Gasteiger partial charge in [0.2, 0.25) is 5.91 Å². The van der Waals surface area contributed by atoms with E-state index < -0.39 is 41.7 Å². The lowest BCUT2D eigenvalue weighted by molar-refractivity contribution is -0.137. The number of likely N-dealkylation sites (N-methyl/N-ethyl adjacent to an activating group) is 1. The second-order valence-electron chi connectivity index (χ2n) is 8.94. The van der Waals surface area contributed by atoms with E-state index in [1.54, 1.807) is 27.0 Å². The molecule has 1 saturated carbocycles. The molecule has 11 heteroatoms. The van der Waals surface area contributed by atoms with Gasteiger partial charge in [-0.3, -0.25) is 14.5 Å². The molecule has 2 heterocycles. The third kappa shape index (κ3) is 4.03. The van der Waals surface area contributed by atoms with E-state index in [2.05, 4.69) is 10.4 Å². The number of hydrogen-bond acceptors (Lipinski definition) is 4. The van der Waals surface area contributed by atoms with Gasteiger partial charge in [0.15, 0.2) is 0 Å². The quantitative estimate of drug-likeness (QED) is 0.674. The number of alkyl halides is 3. The van der Waals surface area contributed by atoms with Gasteiger partial charge in [0, 0.05) is 12.7 Å². The van der Waals surface area contributed by atoms with Crippen LogP contribution in [0.25, 0.3) is 5.69 Å². The Morgan fingerprint density at radius 2 is 1.79 bits per heavy atom. The molecule has 34 heavy (non-hydrogen) atoms. The number of nitrogens with one attached hydrogen (secondary N) is 1. The number of urea groups is 1. The molecule has 1 aliphatic heterocycles. The molecule has 1 N–H and O–H groups in total. The third-order valence-corrected chi connectivity index (χ3v) is 6.62. The molecule has 1 aliphatic carbocycles. The van der Waals surface area contributed by atoms with Crippen LogP contribution in [0.15, 0.2) is 24.3 Å². The van der Waals surface area contributed by atoms with Crippen molar-refractivity contribution in [3.8, 4) is 5.69 Å². The summed E-state index contributed by atoms with van der Waals surface area (Å²) in [4.78, 5) is 41.1. The van der Waals surface area contributed by atoms with Crippen molar-refractivity contribution < 1.29 is 27.6 Å². The number of amides is 4. The van der Waals surface area contributed by atoms with Crippen molar-refractivity contribution in [3.63, 3.8) is 0 Å². The van der Waals surface area contributed by atoms with Crippen molar-refractivity contribution in [2.45, 2.75) is 57.7 Å². The molecule has 1 aromatic carbocycles. The van der Waals surface area contributed by atoms with Gasteiger partial charge in [-0.25, -0.2) is 9.48 Å². The highest BCUT2D eigenvalue weighted by Crippen LogP contribution is 2.39. The Bertz CT molecular complexity index is 1150. The second kappa shape index (κ2) is 8.44. The van der Waals surface area contributed by atoms with Crippen LogP contribution in [-0.2, 0) is 15.8 Å². The first-order valence-electron chi connectivity index (χ1n) is 11.1. The van der Waals surface area contributed by atoms with E-state index in [0.29, 0.717) is 24.2 Å². The minimum absolute atomic E-state index is 0.120. The van der Waals surface area contributed by atoms with Gasteiger partial charge in [0.25, 0.3) is 5.91 Å². The summed E-state index contributed by atoms with van der Waals surface area (Å²) in [6.45, 7) is 2.90. The monoisotopic (exact) mass is 477 g/mol. The average Bonchev–Trinajstić information content (AvgIpc) is 3.19. The summed E-state index contributed by atoms with van der Waals surface area (Å²) in [5.74, 6) is -1.21. The number of carbonyl (C=O) groups is 3. The molecule has 0 unspecified atom stereocenters. The molecule has 1 saturated heterocycles. The van der Waals surface area contributed by atoms with E-state index in [9.17, 15) is 27.6 Å². The van der Waals surface area contributed by atoms with Crippen molar-refractivity contribution >= 4 is 23.5 Å². The molecule has 2 aliphatic rings. The number of rotatable bonds is 4. The first kappa shape index (κ1) is 23.8. The van der Waals surface area contributed by atoms with Crippen LogP contribution in [-0.4, -0.2) is 56.6 Å². The van der Waals surface area contributed by atoms with Gasteiger partial charge in [0.05, 0.1) is 22.6 Å². The van der Waals surface area contributed by atoms with Crippen LogP contribution in [0.3, 0.4) is 0 Å². The van der Waals surface area contributed by atoms with Crippen molar-refractivity contribution in [2.24, 2.45) is 0 Å². The highest BCUT2D eigenvalue weighted by atomic mass is 19.4. The maximum atomic E-state index is 13.4. The summed E-state index contributed by atoms with van der Waals surface area (Å²) < 4.78 is 41.5. The summed E-state index contributed by atoms with van der Waals surface area (Å²) in [7, 11) is 1.55. The van der Waals surface area contributed by atoms with E-state index in [0.717, 1.165) is 36.3 Å². The Kier molecular flexibility index (Phi) is 5.91. The minimum atomic E-state index is -4.62. The van der Waals surface area contributed by atoms with Gasteiger partial charge in [-0.1, -0.05) is 19.3 Å². The number of imide groups is 1. The molecule has 0 radical (unpaired) electrons. The van der Waals surface area contributed by atoms with Crippen LogP contribution in [0.4, 0.5) is 23.7 Å². The fraction of sp³-hybridized carbons (Fsp3) is 0.478. The topological polar surface area (TPSA) is 87.5 Å². The molecule has 4 amide bonds. The Hall–Kier alpha value is -3.37. The molecule has 8 nitrogen and oxygen atoms in total. The number of anilines is 1. The normalized spacial score (nSPS) is 18.2. The predicted molar refractivity (Wildman–Crippen MR) is 117 cm³/mol. The molecule has 182 valence electrons. The predicted octanol–water partition coefficient (Wildman–Crippen LogP) is 4.04. The number of aromatic nitrogens is 2. The van der Waals surface area contributed by atoms with E-state index in [4.69, 9.17) is 0 Å². The van der Waals surface area contributed by atoms with Crippen molar-refractivity contribution in [2.75, 3.05) is 18.9 Å². The summed E-state index contributed by atoms with van der Waals surface area (Å²) in [6, 6.07) is 4.15. The number of carbonyl (C=O) groups excluding carboxylic acids is 3. The summed E-state index contributed by atoms with van der Waals surface area (Å²) in [5, 5.41) is 6.76. The number of nitrogens with zero attached hydrogens (tertiary/aromatic N) is 4. The third-order valence-electron chi connectivity index (χ3n) is 6.62. The smallest absolute Gasteiger partial charge is 0.323 e. The summed E-state index contributed by atoms with van der Waals surface area (Å²) in [5.41, 5.74) is -0.442. The Labute approximate surface area is 194 Å². The van der Waals surface area contributed by atoms with Crippen LogP contribution < -0.4 is 5.32 Å². The SMILES string of the molecule is Cc1cc(C)n(-c2ccc(C(F)(F)F)cc2NC(=O)CN2C(=O)N(C)C3(CCCCC3)C2=O)n1. The van der Waals surface area contributed by atoms with Gasteiger partial charge in [-0.2, -0.15) is 18.3 Å². The molecule has 1 aromatic heterocycles. The zero-order chi connectivity index (χ0) is 24.8. The molecule has 4 rings (SSSR count). The number of hydrogen-bond donors (Lipinski definition) is 1. The first-order chi connectivity index (χ1) is 15.9. The lowest BCUT2D eigenvalue weighted by atomic mass is 9.81. The maximum absolute atomic E-state index is 13.4. The van der Waals surface area contributed by atoms with Crippen LogP contribution in [0, 0.1) is 13.8 Å². The molecule has 0 atom stereocenters. The van der Waals surface area contributed by atoms with E-state index in [-0.39, 0.29) is 11.4 Å². The zero-order valence-corrected chi connectivity index (χ0v) is 19.2. The Morgan fingerprint density at radius 3 is 2.38 bits per heavy atom. The molecule has 2 fully saturated rings. The highest BCUT2D eigenvalue weighted by Gasteiger charge is 2.55. The van der Waals surface area contributed by atoms with Gasteiger partial charge >= 0.3 is 12.2 Å². The summed E-state index contributed by atoms with van der Waals surface area (Å²) in [6.07, 6.45) is -0.977. The zero-order valence-electron chi connectivity index (χ0n) is 19.2. The average molecular weight is 477 g/mol. The standard InChI is InChI=1S/C23H26F3N5O3/c1-14-11-15(2)31(28-14)18-8-7-16(23(24,25)26)12-17(18)27-19(32)13-30-20(33)22(29(3)21(30)34)9-5-4-6-10-22/h7-8,11-12H,4-6,9-10,13H2,1-3H3,(H,27,32). The van der Waals surface area contributed by atoms with Gasteiger partial charge < -0.3 is 10.2 Å². The van der Waals surface area contributed by atoms with E-state index in [1.165, 1.54) is 15.6 Å². The highest BCUT2D eigenvalue weighted by molar-refractivity contribution is 6.10. The van der Waals surface area contributed by atoms with Crippen molar-refractivity contribution in [1.82, 2.24) is 19.6 Å². The molecular formula is C23H26F3N5O3. The van der Waals surface area contributed by atoms with Crippen LogP contribution in [0.2, 0.25) is 0 Å². The van der Waals surface area contributed by atoms with Crippen LogP contribution >= 0.6 is 0 Å². The molecular weight excluding hydrogens is 451 g/mol. The van der Waals surface area contributed by atoms with Gasteiger partial charge in [-0.15, -0.1) is 0 Å². The number of benzene rings is 1. The van der Waals surface area contributed by atoms with E-state index >= 15 is 0 Å². The Morgan fingerprint density at radius 1 is 1.12 bits per heavy atom. The van der Waals surface area contributed by atoms with E-state index in [1.807, 2.05) is 0 Å². The second-order valence-corrected chi connectivity index (χ2v) is 8.94. The van der Waals surface area contributed by atoms with Gasteiger partial charge in [-0.05, 0) is 51.0 Å². The molecule has 0 bridgehead atoms. The van der Waals surface area contributed by atoms with Crippen molar-refractivity contribution in [3.05, 3.63) is 41.2 Å². The molecule has 2 aromatic rings. The number of aryl methyl sites for hydroxylation is 2. The Balaban J connectivity index is 1.62. The molecule has 1 spiro atoms. The lowest BCUT2D eigenvalue weighted by Crippen LogP contribution is -2.49. The first-order valence-corrected chi connectivity index (χ1v) is 11.1. The van der Waals surface area contributed by atoms with Crippen LogP contribution in [0.1, 0.15) is 49.1 Å². The minimum Gasteiger partial charge on any atom is -0.323 e. The largest absolute Gasteiger partial charge is 0.416 e. The van der Waals surface area contributed by atoms with Crippen LogP contribution in [0.5, 0.6) is 0 Å². The van der Waals surface area contributed by atoms with Gasteiger partial charge in [0.1, 0.15) is 12.1 Å². The number of halogens is 3. The maximum Gasteiger partial charge on any atom is 0.416 e. The fourth-order valence-corrected chi connectivity index (χ4v) is 4.87. The van der Waals surface area contributed by atoms with Crippen molar-refractivity contribution in [1.29, 1.82) is 0 Å². The summed E-state index contributed by atoms with van der Waals surface area (Å²) >= 11 is 0. The lowest BCUT2D eigenvalue weighted by Gasteiger charge is -2.35. The fourth-order valence-electron chi connectivity index (χ4n) is 4.87.